The first-order valence-electron chi connectivity index (χ1n) is 6.08. The highest BCUT2D eigenvalue weighted by atomic mass is 79.9. The number of ether oxygens (including phenoxy) is 1. The second-order valence-corrected chi connectivity index (χ2v) is 5.73. The number of rotatable bonds is 5. The molecular weight excluding hydrogens is 298 g/mol. The van der Waals surface area contributed by atoms with E-state index in [0.717, 1.165) is 18.5 Å². The van der Waals surface area contributed by atoms with Gasteiger partial charge in [0.1, 0.15) is 4.47 Å². The van der Waals surface area contributed by atoms with Crippen molar-refractivity contribution < 1.29 is 4.74 Å². The van der Waals surface area contributed by atoms with Gasteiger partial charge in [0.25, 0.3) is 5.56 Å². The molecule has 0 bridgehead atoms. The van der Waals surface area contributed by atoms with E-state index in [0.29, 0.717) is 17.6 Å². The van der Waals surface area contributed by atoms with E-state index < -0.39 is 0 Å². The molecule has 0 atom stereocenters. The Kier molecular flexibility index (Phi) is 4.07. The SMILES string of the molecule is COCCn1ncc(NC2(C)CCC2)c(Br)c1=O. The summed E-state index contributed by atoms with van der Waals surface area (Å²) in [5.41, 5.74) is 0.755. The van der Waals surface area contributed by atoms with Gasteiger partial charge >= 0.3 is 0 Å². The van der Waals surface area contributed by atoms with Crippen molar-refractivity contribution in [2.75, 3.05) is 19.0 Å². The van der Waals surface area contributed by atoms with E-state index in [1.807, 2.05) is 0 Å². The molecule has 1 fully saturated rings. The van der Waals surface area contributed by atoms with Crippen LogP contribution in [0, 0.1) is 0 Å². The van der Waals surface area contributed by atoms with Crippen LogP contribution in [0.25, 0.3) is 0 Å². The van der Waals surface area contributed by atoms with E-state index in [2.05, 4.69) is 33.3 Å². The first-order valence-corrected chi connectivity index (χ1v) is 6.88. The van der Waals surface area contributed by atoms with Crippen LogP contribution >= 0.6 is 15.9 Å². The Balaban J connectivity index is 2.18. The Morgan fingerprint density at radius 3 is 2.89 bits per heavy atom. The van der Waals surface area contributed by atoms with Crippen LogP contribution in [0.5, 0.6) is 0 Å². The number of hydrogen-bond acceptors (Lipinski definition) is 4. The second kappa shape index (κ2) is 5.40. The van der Waals surface area contributed by atoms with Crippen LogP contribution in [0.3, 0.4) is 0 Å². The molecule has 1 N–H and O–H groups in total. The predicted octanol–water partition coefficient (Wildman–Crippen LogP) is 2.01. The molecule has 1 heterocycles. The molecule has 0 saturated heterocycles. The fraction of sp³-hybridized carbons (Fsp3) is 0.667. The maximum atomic E-state index is 12.0. The first kappa shape index (κ1) is 13.5. The topological polar surface area (TPSA) is 56.1 Å². The Bertz CT molecular complexity index is 483. The summed E-state index contributed by atoms with van der Waals surface area (Å²) in [5, 5.41) is 7.54. The van der Waals surface area contributed by atoms with Crippen molar-refractivity contribution in [3.05, 3.63) is 21.0 Å². The highest BCUT2D eigenvalue weighted by molar-refractivity contribution is 9.10. The number of halogens is 1. The Morgan fingerprint density at radius 2 is 2.33 bits per heavy atom. The molecule has 0 aromatic carbocycles. The zero-order chi connectivity index (χ0) is 13.2. The third-order valence-corrected chi connectivity index (χ3v) is 4.15. The fourth-order valence-corrected chi connectivity index (χ4v) is 2.45. The second-order valence-electron chi connectivity index (χ2n) is 4.93. The van der Waals surface area contributed by atoms with Crippen molar-refractivity contribution >= 4 is 21.6 Å². The smallest absolute Gasteiger partial charge is 0.283 e. The number of methoxy groups -OCH3 is 1. The van der Waals surface area contributed by atoms with Crippen molar-refractivity contribution in [2.45, 2.75) is 38.3 Å². The minimum absolute atomic E-state index is 0.107. The summed E-state index contributed by atoms with van der Waals surface area (Å²) in [4.78, 5) is 12.0. The normalized spacial score (nSPS) is 17.3. The molecule has 0 radical (unpaired) electrons. The molecule has 6 heteroatoms. The summed E-state index contributed by atoms with van der Waals surface area (Å²) in [5.74, 6) is 0. The van der Waals surface area contributed by atoms with Crippen molar-refractivity contribution in [3.8, 4) is 0 Å². The molecule has 2 rings (SSSR count). The summed E-state index contributed by atoms with van der Waals surface area (Å²) in [6.45, 7) is 3.11. The number of nitrogens with one attached hydrogen (secondary N) is 1. The molecule has 0 spiro atoms. The molecule has 100 valence electrons. The van der Waals surface area contributed by atoms with Crippen LogP contribution in [0.4, 0.5) is 5.69 Å². The van der Waals surface area contributed by atoms with E-state index >= 15 is 0 Å². The molecule has 1 aliphatic carbocycles. The molecule has 5 nitrogen and oxygen atoms in total. The largest absolute Gasteiger partial charge is 0.383 e. The van der Waals surface area contributed by atoms with E-state index in [1.165, 1.54) is 11.1 Å². The van der Waals surface area contributed by atoms with Crippen molar-refractivity contribution in [3.63, 3.8) is 0 Å². The van der Waals surface area contributed by atoms with Gasteiger partial charge in [-0.15, -0.1) is 0 Å². The summed E-state index contributed by atoms with van der Waals surface area (Å²) in [6.07, 6.45) is 5.20. The van der Waals surface area contributed by atoms with Gasteiger partial charge in [0, 0.05) is 12.6 Å². The van der Waals surface area contributed by atoms with Crippen LogP contribution in [0.15, 0.2) is 15.5 Å². The van der Waals surface area contributed by atoms with Gasteiger partial charge in [-0.25, -0.2) is 4.68 Å². The van der Waals surface area contributed by atoms with Crippen molar-refractivity contribution in [1.82, 2.24) is 9.78 Å². The highest BCUT2D eigenvalue weighted by Gasteiger charge is 2.32. The minimum Gasteiger partial charge on any atom is -0.383 e. The summed E-state index contributed by atoms with van der Waals surface area (Å²) < 4.78 is 6.90. The highest BCUT2D eigenvalue weighted by Crippen LogP contribution is 2.35. The predicted molar refractivity (Wildman–Crippen MR) is 74.0 cm³/mol. The lowest BCUT2D eigenvalue weighted by molar-refractivity contribution is 0.181. The van der Waals surface area contributed by atoms with E-state index in [9.17, 15) is 4.79 Å². The molecule has 18 heavy (non-hydrogen) atoms. The monoisotopic (exact) mass is 315 g/mol. The van der Waals surface area contributed by atoms with Gasteiger partial charge in [-0.1, -0.05) is 0 Å². The first-order chi connectivity index (χ1) is 8.56. The van der Waals surface area contributed by atoms with Crippen molar-refractivity contribution in [2.24, 2.45) is 0 Å². The number of hydrogen-bond donors (Lipinski definition) is 1. The zero-order valence-electron chi connectivity index (χ0n) is 10.7. The molecule has 0 amide bonds. The maximum Gasteiger partial charge on any atom is 0.283 e. The molecule has 1 aromatic rings. The van der Waals surface area contributed by atoms with Crippen LogP contribution < -0.4 is 10.9 Å². The quantitative estimate of drug-likeness (QED) is 0.903. The molecule has 1 aromatic heterocycles. The van der Waals surface area contributed by atoms with Gasteiger partial charge in [0.15, 0.2) is 0 Å². The Morgan fingerprint density at radius 1 is 1.61 bits per heavy atom. The van der Waals surface area contributed by atoms with Gasteiger partial charge in [0.05, 0.1) is 25.0 Å². The summed E-state index contributed by atoms with van der Waals surface area (Å²) in [6, 6.07) is 0. The third-order valence-electron chi connectivity index (χ3n) is 3.39. The van der Waals surface area contributed by atoms with Crippen molar-refractivity contribution in [1.29, 1.82) is 0 Å². The average molecular weight is 316 g/mol. The average Bonchev–Trinajstić information content (AvgIpc) is 2.32. The number of aromatic nitrogens is 2. The van der Waals surface area contributed by atoms with Crippen LogP contribution in [0.2, 0.25) is 0 Å². The summed E-state index contributed by atoms with van der Waals surface area (Å²) >= 11 is 3.35. The number of anilines is 1. The zero-order valence-corrected chi connectivity index (χ0v) is 12.3. The standard InChI is InChI=1S/C12H18BrN3O2/c1-12(4-3-5-12)15-9-8-14-16(6-7-18-2)11(17)10(9)13/h8,15H,3-7H2,1-2H3. The van der Waals surface area contributed by atoms with E-state index in [1.54, 1.807) is 13.3 Å². The van der Waals surface area contributed by atoms with Crippen LogP contribution in [0.1, 0.15) is 26.2 Å². The fourth-order valence-electron chi connectivity index (χ4n) is 2.05. The lowest BCUT2D eigenvalue weighted by Crippen LogP contribution is -2.42. The van der Waals surface area contributed by atoms with Crippen LogP contribution in [-0.4, -0.2) is 29.0 Å². The Hall–Kier alpha value is -0.880. The van der Waals surface area contributed by atoms with Gasteiger partial charge in [-0.05, 0) is 42.1 Å². The van der Waals surface area contributed by atoms with Gasteiger partial charge < -0.3 is 10.1 Å². The lowest BCUT2D eigenvalue weighted by atomic mass is 9.78. The maximum absolute atomic E-state index is 12.0. The van der Waals surface area contributed by atoms with E-state index in [-0.39, 0.29) is 11.1 Å². The molecule has 0 aliphatic heterocycles. The van der Waals surface area contributed by atoms with Gasteiger partial charge in [-0.2, -0.15) is 5.10 Å². The molecular formula is C12H18BrN3O2. The lowest BCUT2D eigenvalue weighted by Gasteiger charge is -2.40. The van der Waals surface area contributed by atoms with E-state index in [4.69, 9.17) is 4.74 Å². The number of nitrogens with zero attached hydrogens (tertiary/aromatic N) is 2. The molecule has 1 saturated carbocycles. The molecule has 0 unspecified atom stereocenters. The van der Waals surface area contributed by atoms with Crippen LogP contribution in [-0.2, 0) is 11.3 Å². The summed E-state index contributed by atoms with van der Waals surface area (Å²) in [7, 11) is 1.60. The van der Waals surface area contributed by atoms with Gasteiger partial charge in [-0.3, -0.25) is 4.79 Å². The minimum atomic E-state index is -0.125. The third kappa shape index (κ3) is 2.75. The Labute approximate surface area is 115 Å². The van der Waals surface area contributed by atoms with Gasteiger partial charge in [0.2, 0.25) is 0 Å². The molecule has 1 aliphatic rings.